The molecule has 0 saturated carbocycles. The molecule has 94 valence electrons. The van der Waals surface area contributed by atoms with Crippen molar-refractivity contribution in [3.8, 4) is 5.75 Å². The van der Waals surface area contributed by atoms with E-state index in [-0.39, 0.29) is 6.42 Å². The standard InChI is InChI=1S/C14H20O3/c1-11-7-6-8-12(2)14(11)17-10-5-3-4-9-13(15)16/h6-8H,3-5,9-10H2,1-2H3,(H,15,16). The van der Waals surface area contributed by atoms with Gasteiger partial charge in [-0.3, -0.25) is 4.79 Å². The van der Waals surface area contributed by atoms with Gasteiger partial charge in [0.1, 0.15) is 5.75 Å². The minimum atomic E-state index is -0.722. The van der Waals surface area contributed by atoms with Gasteiger partial charge in [-0.15, -0.1) is 0 Å². The Kier molecular flexibility index (Phi) is 5.53. The number of hydrogen-bond donors (Lipinski definition) is 1. The van der Waals surface area contributed by atoms with E-state index in [1.807, 2.05) is 32.0 Å². The minimum absolute atomic E-state index is 0.253. The van der Waals surface area contributed by atoms with Crippen molar-refractivity contribution >= 4 is 5.97 Å². The monoisotopic (exact) mass is 236 g/mol. The first-order valence-electron chi connectivity index (χ1n) is 6.02. The van der Waals surface area contributed by atoms with Crippen molar-refractivity contribution in [1.82, 2.24) is 0 Å². The Morgan fingerprint density at radius 3 is 2.41 bits per heavy atom. The van der Waals surface area contributed by atoms with E-state index in [9.17, 15) is 4.79 Å². The third-order valence-corrected chi connectivity index (χ3v) is 2.69. The zero-order valence-corrected chi connectivity index (χ0v) is 10.5. The SMILES string of the molecule is Cc1cccc(C)c1OCCCCCC(=O)O. The fourth-order valence-electron chi connectivity index (χ4n) is 1.76. The lowest BCUT2D eigenvalue weighted by Crippen LogP contribution is -2.01. The summed E-state index contributed by atoms with van der Waals surface area (Å²) >= 11 is 0. The van der Waals surface area contributed by atoms with Crippen molar-refractivity contribution in [2.75, 3.05) is 6.61 Å². The van der Waals surface area contributed by atoms with Crippen LogP contribution in [0.2, 0.25) is 0 Å². The molecule has 3 nitrogen and oxygen atoms in total. The van der Waals surface area contributed by atoms with Crippen LogP contribution in [0.4, 0.5) is 0 Å². The second-order valence-electron chi connectivity index (χ2n) is 4.27. The largest absolute Gasteiger partial charge is 0.493 e. The molecular formula is C14H20O3. The molecule has 0 atom stereocenters. The molecular weight excluding hydrogens is 216 g/mol. The Hall–Kier alpha value is -1.51. The average molecular weight is 236 g/mol. The first-order valence-corrected chi connectivity index (χ1v) is 6.02. The first-order chi connectivity index (χ1) is 8.11. The number of ether oxygens (including phenoxy) is 1. The zero-order valence-electron chi connectivity index (χ0n) is 10.5. The number of aryl methyl sites for hydroxylation is 2. The van der Waals surface area contributed by atoms with Crippen LogP contribution in [0.3, 0.4) is 0 Å². The number of carbonyl (C=O) groups is 1. The highest BCUT2D eigenvalue weighted by atomic mass is 16.5. The molecule has 0 spiro atoms. The molecule has 0 aliphatic heterocycles. The maximum atomic E-state index is 10.3. The minimum Gasteiger partial charge on any atom is -0.493 e. The lowest BCUT2D eigenvalue weighted by Gasteiger charge is -2.11. The van der Waals surface area contributed by atoms with E-state index in [0.717, 1.165) is 36.1 Å². The highest BCUT2D eigenvalue weighted by Crippen LogP contribution is 2.22. The van der Waals surface area contributed by atoms with Crippen LogP contribution in [0.25, 0.3) is 0 Å². The summed E-state index contributed by atoms with van der Waals surface area (Å²) in [6.45, 7) is 4.73. The van der Waals surface area contributed by atoms with E-state index in [0.29, 0.717) is 6.61 Å². The summed E-state index contributed by atoms with van der Waals surface area (Å²) in [4.78, 5) is 10.3. The molecule has 0 unspecified atom stereocenters. The summed E-state index contributed by atoms with van der Waals surface area (Å²) < 4.78 is 5.73. The summed E-state index contributed by atoms with van der Waals surface area (Å²) in [5.41, 5.74) is 2.30. The Balaban J connectivity index is 2.24. The summed E-state index contributed by atoms with van der Waals surface area (Å²) in [6, 6.07) is 6.09. The van der Waals surface area contributed by atoms with Crippen LogP contribution >= 0.6 is 0 Å². The molecule has 0 aromatic heterocycles. The topological polar surface area (TPSA) is 46.5 Å². The fourth-order valence-corrected chi connectivity index (χ4v) is 1.76. The summed E-state index contributed by atoms with van der Waals surface area (Å²) in [5.74, 6) is 0.242. The Bertz CT molecular complexity index is 351. The van der Waals surface area contributed by atoms with Crippen LogP contribution in [0.15, 0.2) is 18.2 Å². The van der Waals surface area contributed by atoms with Gasteiger partial charge in [-0.1, -0.05) is 18.2 Å². The number of carboxylic acid groups (broad SMARTS) is 1. The third-order valence-electron chi connectivity index (χ3n) is 2.69. The molecule has 1 rings (SSSR count). The van der Waals surface area contributed by atoms with Crippen LogP contribution < -0.4 is 4.74 Å². The van der Waals surface area contributed by atoms with Crippen LogP contribution in [0.5, 0.6) is 5.75 Å². The van der Waals surface area contributed by atoms with Gasteiger partial charge in [0.05, 0.1) is 6.61 Å². The third kappa shape index (κ3) is 4.89. The van der Waals surface area contributed by atoms with Crippen LogP contribution in [0.1, 0.15) is 36.8 Å². The number of aliphatic carboxylic acids is 1. The van der Waals surface area contributed by atoms with Gasteiger partial charge in [0.15, 0.2) is 0 Å². The molecule has 1 aromatic rings. The van der Waals surface area contributed by atoms with Gasteiger partial charge >= 0.3 is 5.97 Å². The average Bonchev–Trinajstić information content (AvgIpc) is 2.26. The Morgan fingerprint density at radius 2 is 1.82 bits per heavy atom. The van der Waals surface area contributed by atoms with E-state index in [4.69, 9.17) is 9.84 Å². The lowest BCUT2D eigenvalue weighted by molar-refractivity contribution is -0.137. The van der Waals surface area contributed by atoms with Crippen molar-refractivity contribution in [3.63, 3.8) is 0 Å². The van der Waals surface area contributed by atoms with Gasteiger partial charge in [-0.2, -0.15) is 0 Å². The predicted molar refractivity (Wildman–Crippen MR) is 67.5 cm³/mol. The highest BCUT2D eigenvalue weighted by molar-refractivity contribution is 5.66. The van der Waals surface area contributed by atoms with Crippen LogP contribution in [0, 0.1) is 13.8 Å². The van der Waals surface area contributed by atoms with Gasteiger partial charge < -0.3 is 9.84 Å². The van der Waals surface area contributed by atoms with Gasteiger partial charge in [0.2, 0.25) is 0 Å². The molecule has 1 aromatic carbocycles. The summed E-state index contributed by atoms with van der Waals surface area (Å²) in [7, 11) is 0. The van der Waals surface area contributed by atoms with Crippen LogP contribution in [-0.4, -0.2) is 17.7 Å². The number of hydrogen-bond acceptors (Lipinski definition) is 2. The maximum Gasteiger partial charge on any atom is 0.303 e. The van der Waals surface area contributed by atoms with Crippen molar-refractivity contribution in [3.05, 3.63) is 29.3 Å². The molecule has 0 amide bonds. The fraction of sp³-hybridized carbons (Fsp3) is 0.500. The smallest absolute Gasteiger partial charge is 0.303 e. The molecule has 0 heterocycles. The number of rotatable bonds is 7. The Morgan fingerprint density at radius 1 is 1.18 bits per heavy atom. The highest BCUT2D eigenvalue weighted by Gasteiger charge is 2.02. The maximum absolute atomic E-state index is 10.3. The number of carboxylic acids is 1. The molecule has 0 radical (unpaired) electrons. The second kappa shape index (κ2) is 6.94. The van der Waals surface area contributed by atoms with Crippen molar-refractivity contribution in [1.29, 1.82) is 0 Å². The quantitative estimate of drug-likeness (QED) is 0.739. The van der Waals surface area contributed by atoms with E-state index < -0.39 is 5.97 Å². The normalized spacial score (nSPS) is 10.2. The number of unbranched alkanes of at least 4 members (excludes halogenated alkanes) is 2. The molecule has 0 bridgehead atoms. The summed E-state index contributed by atoms with van der Waals surface area (Å²) in [6.07, 6.45) is 2.78. The van der Waals surface area contributed by atoms with E-state index in [1.54, 1.807) is 0 Å². The molecule has 0 aliphatic carbocycles. The van der Waals surface area contributed by atoms with Crippen molar-refractivity contribution < 1.29 is 14.6 Å². The second-order valence-corrected chi connectivity index (χ2v) is 4.27. The predicted octanol–water partition coefficient (Wildman–Crippen LogP) is 3.33. The zero-order chi connectivity index (χ0) is 12.7. The van der Waals surface area contributed by atoms with E-state index >= 15 is 0 Å². The van der Waals surface area contributed by atoms with Crippen LogP contribution in [-0.2, 0) is 4.79 Å². The number of para-hydroxylation sites is 1. The summed E-state index contributed by atoms with van der Waals surface area (Å²) in [5, 5.41) is 8.49. The van der Waals surface area contributed by atoms with Gasteiger partial charge in [0, 0.05) is 6.42 Å². The molecule has 17 heavy (non-hydrogen) atoms. The molecule has 0 fully saturated rings. The molecule has 3 heteroatoms. The Labute approximate surface area is 102 Å². The molecule has 0 saturated heterocycles. The van der Waals surface area contributed by atoms with E-state index in [1.165, 1.54) is 0 Å². The van der Waals surface area contributed by atoms with Crippen molar-refractivity contribution in [2.24, 2.45) is 0 Å². The van der Waals surface area contributed by atoms with Crippen molar-refractivity contribution in [2.45, 2.75) is 39.5 Å². The lowest BCUT2D eigenvalue weighted by atomic mass is 10.1. The van der Waals surface area contributed by atoms with Gasteiger partial charge in [0.25, 0.3) is 0 Å². The molecule has 0 aliphatic rings. The first kappa shape index (κ1) is 13.6. The van der Waals surface area contributed by atoms with E-state index in [2.05, 4.69) is 0 Å². The molecule has 1 N–H and O–H groups in total. The van der Waals surface area contributed by atoms with Gasteiger partial charge in [-0.05, 0) is 44.2 Å². The van der Waals surface area contributed by atoms with Gasteiger partial charge in [-0.25, -0.2) is 0 Å². The number of benzene rings is 1.